The lowest BCUT2D eigenvalue weighted by molar-refractivity contribution is 0.0666. The van der Waals surface area contributed by atoms with Gasteiger partial charge in [-0.2, -0.15) is 0 Å². The highest BCUT2D eigenvalue weighted by atomic mass is 35.5. The van der Waals surface area contributed by atoms with E-state index in [9.17, 15) is 14.4 Å². The molecule has 5 nitrogen and oxygen atoms in total. The first-order valence-corrected chi connectivity index (χ1v) is 14.0. The standard InChI is InChI=1S/C34H23Cl2NO4/c1-41-24-9-5-7-21(18-24)31(38)30-29(20-6-4-8-22(35)17-20)34(32(39)25-10-2-3-11-26(25)33(34)40)28-15-12-19-16-23(36)13-14-27(19)37(28)30/h2-18,28-30H,1H3/t28-,29-,30+/m1/s1. The van der Waals surface area contributed by atoms with Crippen molar-refractivity contribution in [3.63, 3.8) is 0 Å². The Hall–Kier alpha value is -4.19. The zero-order valence-electron chi connectivity index (χ0n) is 21.9. The Balaban J connectivity index is 1.55. The molecule has 3 atom stereocenters. The second-order valence-electron chi connectivity index (χ2n) is 10.6. The normalized spacial score (nSPS) is 21.5. The number of ether oxygens (including phenoxy) is 1. The van der Waals surface area contributed by atoms with E-state index in [1.807, 2.05) is 35.3 Å². The predicted molar refractivity (Wildman–Crippen MR) is 160 cm³/mol. The number of anilines is 1. The maximum Gasteiger partial charge on any atom is 0.186 e. The lowest BCUT2D eigenvalue weighted by Crippen LogP contribution is -2.48. The van der Waals surface area contributed by atoms with Crippen LogP contribution in [0.4, 0.5) is 5.69 Å². The number of hydrogen-bond acceptors (Lipinski definition) is 5. The molecule has 41 heavy (non-hydrogen) atoms. The minimum Gasteiger partial charge on any atom is -0.497 e. The minimum absolute atomic E-state index is 0.233. The monoisotopic (exact) mass is 579 g/mol. The van der Waals surface area contributed by atoms with Gasteiger partial charge >= 0.3 is 0 Å². The summed E-state index contributed by atoms with van der Waals surface area (Å²) in [5.74, 6) is -1.13. The molecule has 0 saturated carbocycles. The van der Waals surface area contributed by atoms with Crippen molar-refractivity contribution in [1.29, 1.82) is 0 Å². The van der Waals surface area contributed by atoms with E-state index in [2.05, 4.69) is 0 Å². The molecule has 7 rings (SSSR count). The zero-order valence-corrected chi connectivity index (χ0v) is 23.4. The van der Waals surface area contributed by atoms with Gasteiger partial charge < -0.3 is 9.64 Å². The molecule has 0 radical (unpaired) electrons. The van der Waals surface area contributed by atoms with Crippen LogP contribution < -0.4 is 9.64 Å². The molecule has 0 bridgehead atoms. The molecule has 4 aromatic rings. The number of carbonyl (C=O) groups excluding carboxylic acids is 3. The van der Waals surface area contributed by atoms with Crippen molar-refractivity contribution in [3.05, 3.63) is 135 Å². The maximum atomic E-state index is 14.7. The topological polar surface area (TPSA) is 63.7 Å². The second-order valence-corrected chi connectivity index (χ2v) is 11.4. The number of Topliss-reactive ketones (excluding diaryl/α,β-unsaturated/α-hetero) is 3. The van der Waals surface area contributed by atoms with Gasteiger partial charge in [0.2, 0.25) is 0 Å². The predicted octanol–water partition coefficient (Wildman–Crippen LogP) is 7.32. The van der Waals surface area contributed by atoms with Gasteiger partial charge in [-0.25, -0.2) is 0 Å². The third kappa shape index (κ3) is 3.59. The molecule has 0 amide bonds. The van der Waals surface area contributed by atoms with E-state index in [0.29, 0.717) is 38.0 Å². The molecule has 4 aromatic carbocycles. The Morgan fingerprint density at radius 1 is 0.829 bits per heavy atom. The van der Waals surface area contributed by atoms with Crippen molar-refractivity contribution >= 4 is 52.3 Å². The summed E-state index contributed by atoms with van der Waals surface area (Å²) >= 11 is 12.9. The van der Waals surface area contributed by atoms with Crippen LogP contribution in [0.15, 0.2) is 97.1 Å². The Morgan fingerprint density at radius 2 is 1.54 bits per heavy atom. The molecule has 3 aliphatic rings. The lowest BCUT2D eigenvalue weighted by Gasteiger charge is -2.37. The molecule has 1 spiro atoms. The Morgan fingerprint density at radius 3 is 2.24 bits per heavy atom. The summed E-state index contributed by atoms with van der Waals surface area (Å²) < 4.78 is 5.42. The average molecular weight is 580 g/mol. The first-order chi connectivity index (χ1) is 19.9. The highest BCUT2D eigenvalue weighted by molar-refractivity contribution is 6.33. The van der Waals surface area contributed by atoms with Crippen LogP contribution in [0.5, 0.6) is 5.75 Å². The fourth-order valence-electron chi connectivity index (χ4n) is 6.97. The van der Waals surface area contributed by atoms with Crippen molar-refractivity contribution in [2.45, 2.75) is 18.0 Å². The molecule has 0 aromatic heterocycles. The first-order valence-electron chi connectivity index (χ1n) is 13.2. The third-order valence-corrected chi connectivity index (χ3v) is 9.07. The molecule has 7 heteroatoms. The number of carbonyl (C=O) groups is 3. The average Bonchev–Trinajstić information content (AvgIpc) is 3.42. The number of nitrogens with zero attached hydrogens (tertiary/aromatic N) is 1. The molecule has 1 fully saturated rings. The molecule has 1 aliphatic carbocycles. The van der Waals surface area contributed by atoms with Gasteiger partial charge in [0.25, 0.3) is 0 Å². The number of methoxy groups -OCH3 is 1. The fraction of sp³-hybridized carbons (Fsp3) is 0.147. The number of hydrogen-bond donors (Lipinski definition) is 0. The smallest absolute Gasteiger partial charge is 0.186 e. The molecule has 0 unspecified atom stereocenters. The molecular formula is C34H23Cl2NO4. The van der Waals surface area contributed by atoms with Crippen LogP contribution in [-0.2, 0) is 0 Å². The van der Waals surface area contributed by atoms with Crippen LogP contribution in [0, 0.1) is 5.41 Å². The maximum absolute atomic E-state index is 14.7. The zero-order chi connectivity index (χ0) is 28.5. The van der Waals surface area contributed by atoms with Gasteiger partial charge in [-0.15, -0.1) is 0 Å². The van der Waals surface area contributed by atoms with Crippen molar-refractivity contribution in [1.82, 2.24) is 0 Å². The van der Waals surface area contributed by atoms with Gasteiger partial charge in [-0.1, -0.05) is 83.9 Å². The van der Waals surface area contributed by atoms with Gasteiger partial charge in [0.05, 0.1) is 13.2 Å². The number of halogens is 2. The lowest BCUT2D eigenvalue weighted by atomic mass is 9.64. The van der Waals surface area contributed by atoms with Crippen LogP contribution in [-0.4, -0.2) is 36.5 Å². The summed E-state index contributed by atoms with van der Waals surface area (Å²) in [4.78, 5) is 46.0. The van der Waals surface area contributed by atoms with E-state index in [0.717, 1.165) is 11.3 Å². The summed E-state index contributed by atoms with van der Waals surface area (Å²) in [6.45, 7) is 0. The van der Waals surface area contributed by atoms with Gasteiger partial charge in [-0.05, 0) is 53.6 Å². The van der Waals surface area contributed by atoms with Crippen LogP contribution in [0.25, 0.3) is 6.08 Å². The number of ketones is 3. The van der Waals surface area contributed by atoms with E-state index in [-0.39, 0.29) is 17.3 Å². The molecule has 1 saturated heterocycles. The van der Waals surface area contributed by atoms with Gasteiger partial charge in [-0.3, -0.25) is 14.4 Å². The number of benzene rings is 4. The third-order valence-electron chi connectivity index (χ3n) is 8.60. The van der Waals surface area contributed by atoms with Crippen LogP contribution in [0.1, 0.15) is 48.1 Å². The summed E-state index contributed by atoms with van der Waals surface area (Å²) in [5.41, 5.74) is 1.73. The molecule has 202 valence electrons. The van der Waals surface area contributed by atoms with Crippen LogP contribution in [0.2, 0.25) is 10.0 Å². The van der Waals surface area contributed by atoms with Gasteiger partial charge in [0.15, 0.2) is 17.3 Å². The summed E-state index contributed by atoms with van der Waals surface area (Å²) in [6, 6.07) is 24.8. The van der Waals surface area contributed by atoms with Crippen LogP contribution in [0.3, 0.4) is 0 Å². The Kier molecular flexibility index (Phi) is 5.93. The van der Waals surface area contributed by atoms with E-state index in [1.165, 1.54) is 0 Å². The molecule has 2 aliphatic heterocycles. The largest absolute Gasteiger partial charge is 0.497 e. The quantitative estimate of drug-likeness (QED) is 0.187. The van der Waals surface area contributed by atoms with E-state index >= 15 is 0 Å². The first kappa shape index (κ1) is 25.8. The number of rotatable bonds is 4. The number of fused-ring (bicyclic) bond motifs is 5. The summed E-state index contributed by atoms with van der Waals surface area (Å²) in [6.07, 6.45) is 3.76. The van der Waals surface area contributed by atoms with Crippen molar-refractivity contribution in [2.24, 2.45) is 5.41 Å². The minimum atomic E-state index is -1.60. The van der Waals surface area contributed by atoms with Crippen molar-refractivity contribution in [2.75, 3.05) is 12.0 Å². The molecular weight excluding hydrogens is 557 g/mol. The van der Waals surface area contributed by atoms with Crippen molar-refractivity contribution in [3.8, 4) is 5.75 Å². The van der Waals surface area contributed by atoms with Crippen LogP contribution >= 0.6 is 23.2 Å². The summed E-state index contributed by atoms with van der Waals surface area (Å²) in [5, 5.41) is 0.997. The van der Waals surface area contributed by atoms with Gasteiger partial charge in [0.1, 0.15) is 17.2 Å². The highest BCUT2D eigenvalue weighted by Gasteiger charge is 2.71. The second kappa shape index (κ2) is 9.44. The van der Waals surface area contributed by atoms with Crippen molar-refractivity contribution < 1.29 is 19.1 Å². The van der Waals surface area contributed by atoms with E-state index in [4.69, 9.17) is 27.9 Å². The fourth-order valence-corrected chi connectivity index (χ4v) is 7.35. The Bertz CT molecular complexity index is 1780. The SMILES string of the molecule is COc1cccc(C(=O)[C@@H]2[C@@H](c3cccc(Cl)c3)C3(C(=O)c4ccccc4C3=O)[C@H]3C=Cc4cc(Cl)ccc4N23)c1. The Labute approximate surface area is 247 Å². The van der Waals surface area contributed by atoms with E-state index in [1.54, 1.807) is 79.9 Å². The molecule has 0 N–H and O–H groups in total. The van der Waals surface area contributed by atoms with E-state index < -0.39 is 23.4 Å². The summed E-state index contributed by atoms with van der Waals surface area (Å²) in [7, 11) is 1.54. The molecule has 2 heterocycles. The van der Waals surface area contributed by atoms with Gasteiger partial charge in [0, 0.05) is 38.3 Å². The highest BCUT2D eigenvalue weighted by Crippen LogP contribution is 2.61.